The van der Waals surface area contributed by atoms with E-state index < -0.39 is 0 Å². The number of aromatic nitrogens is 3. The molecular weight excluding hydrogens is 322 g/mol. The highest BCUT2D eigenvalue weighted by molar-refractivity contribution is 6.29. The topological polar surface area (TPSA) is 79.6 Å². The van der Waals surface area contributed by atoms with Gasteiger partial charge in [-0.3, -0.25) is 0 Å². The first-order chi connectivity index (χ1) is 11.7. The number of hydrogen-bond donors (Lipinski definition) is 3. The van der Waals surface area contributed by atoms with Gasteiger partial charge in [-0.25, -0.2) is 9.97 Å². The Kier molecular flexibility index (Phi) is 4.12. The first-order valence-electron chi connectivity index (χ1n) is 8.31. The van der Waals surface area contributed by atoms with Gasteiger partial charge >= 0.3 is 0 Å². The molecule has 3 aromatic rings. The zero-order chi connectivity index (χ0) is 16.5. The molecule has 5 nitrogen and oxygen atoms in total. The van der Waals surface area contributed by atoms with Gasteiger partial charge in [0.05, 0.1) is 0 Å². The van der Waals surface area contributed by atoms with Crippen molar-refractivity contribution in [3.63, 3.8) is 0 Å². The van der Waals surface area contributed by atoms with Crippen molar-refractivity contribution in [2.45, 2.75) is 37.8 Å². The zero-order valence-electron chi connectivity index (χ0n) is 13.3. The number of pyridine rings is 2. The number of H-pyrrole nitrogens is 1. The van der Waals surface area contributed by atoms with Crippen LogP contribution in [0.1, 0.15) is 25.7 Å². The first kappa shape index (κ1) is 15.4. The second-order valence-electron chi connectivity index (χ2n) is 6.42. The van der Waals surface area contributed by atoms with E-state index in [0.717, 1.165) is 53.7 Å². The largest absolute Gasteiger partial charge is 0.367 e. The number of halogens is 1. The van der Waals surface area contributed by atoms with Gasteiger partial charge in [0.2, 0.25) is 0 Å². The fraction of sp³-hybridized carbons (Fsp3) is 0.333. The van der Waals surface area contributed by atoms with Crippen molar-refractivity contribution in [2.24, 2.45) is 5.73 Å². The van der Waals surface area contributed by atoms with Gasteiger partial charge in [-0.15, -0.1) is 0 Å². The van der Waals surface area contributed by atoms with E-state index in [9.17, 15) is 0 Å². The Morgan fingerprint density at radius 3 is 2.88 bits per heavy atom. The molecule has 4 rings (SSSR count). The van der Waals surface area contributed by atoms with Gasteiger partial charge in [0.15, 0.2) is 0 Å². The van der Waals surface area contributed by atoms with Crippen molar-refractivity contribution >= 4 is 28.5 Å². The molecule has 0 aliphatic heterocycles. The fourth-order valence-electron chi connectivity index (χ4n) is 3.39. The van der Waals surface area contributed by atoms with E-state index >= 15 is 0 Å². The lowest BCUT2D eigenvalue weighted by molar-refractivity contribution is 0.410. The average molecular weight is 342 g/mol. The van der Waals surface area contributed by atoms with Gasteiger partial charge in [0.1, 0.15) is 16.6 Å². The van der Waals surface area contributed by atoms with Gasteiger partial charge in [-0.1, -0.05) is 11.6 Å². The zero-order valence-corrected chi connectivity index (χ0v) is 14.1. The summed E-state index contributed by atoms with van der Waals surface area (Å²) in [5.74, 6) is 0.816. The van der Waals surface area contributed by atoms with Gasteiger partial charge < -0.3 is 16.0 Å². The van der Waals surface area contributed by atoms with Crippen LogP contribution in [0.4, 0.5) is 5.82 Å². The third kappa shape index (κ3) is 3.09. The van der Waals surface area contributed by atoms with E-state index in [-0.39, 0.29) is 0 Å². The molecule has 0 spiro atoms. The van der Waals surface area contributed by atoms with Crippen LogP contribution in [0.2, 0.25) is 5.15 Å². The molecule has 0 bridgehead atoms. The summed E-state index contributed by atoms with van der Waals surface area (Å²) >= 11 is 6.26. The summed E-state index contributed by atoms with van der Waals surface area (Å²) in [6, 6.07) is 8.68. The Bertz CT molecular complexity index is 851. The molecule has 1 saturated carbocycles. The Morgan fingerprint density at radius 1 is 1.21 bits per heavy atom. The first-order valence-corrected chi connectivity index (χ1v) is 8.69. The smallest absolute Gasteiger partial charge is 0.137 e. The molecule has 6 heteroatoms. The highest BCUT2D eigenvalue weighted by Gasteiger charge is 2.19. The van der Waals surface area contributed by atoms with Gasteiger partial charge in [0, 0.05) is 35.4 Å². The maximum absolute atomic E-state index is 6.26. The molecule has 4 N–H and O–H groups in total. The lowest BCUT2D eigenvalue weighted by Crippen LogP contribution is -2.33. The van der Waals surface area contributed by atoms with Crippen LogP contribution in [-0.4, -0.2) is 27.0 Å². The Hall–Kier alpha value is -2.11. The average Bonchev–Trinajstić information content (AvgIpc) is 3.01. The lowest BCUT2D eigenvalue weighted by atomic mass is 9.92. The van der Waals surface area contributed by atoms with Crippen molar-refractivity contribution in [3.8, 4) is 11.1 Å². The van der Waals surface area contributed by atoms with Crippen LogP contribution in [0, 0.1) is 0 Å². The summed E-state index contributed by atoms with van der Waals surface area (Å²) in [7, 11) is 0. The molecule has 1 aliphatic rings. The molecule has 3 heterocycles. The maximum atomic E-state index is 6.26. The summed E-state index contributed by atoms with van der Waals surface area (Å²) in [4.78, 5) is 12.0. The third-order valence-electron chi connectivity index (χ3n) is 4.68. The molecule has 1 fully saturated rings. The highest BCUT2D eigenvalue weighted by atomic mass is 35.5. The highest BCUT2D eigenvalue weighted by Crippen LogP contribution is 2.31. The van der Waals surface area contributed by atoms with Crippen molar-refractivity contribution in [2.75, 3.05) is 5.32 Å². The third-order valence-corrected chi connectivity index (χ3v) is 4.87. The number of nitrogens with zero attached hydrogens (tertiary/aromatic N) is 2. The Labute approximate surface area is 145 Å². The quantitative estimate of drug-likeness (QED) is 0.630. The van der Waals surface area contributed by atoms with E-state index in [2.05, 4.69) is 32.4 Å². The predicted octanol–water partition coefficient (Wildman–Crippen LogP) is 3.96. The minimum absolute atomic E-state index is 0.338. The summed E-state index contributed by atoms with van der Waals surface area (Å²) in [5, 5.41) is 5.08. The molecule has 0 amide bonds. The van der Waals surface area contributed by atoms with E-state index in [1.165, 1.54) is 0 Å². The maximum Gasteiger partial charge on any atom is 0.137 e. The van der Waals surface area contributed by atoms with Crippen molar-refractivity contribution < 1.29 is 0 Å². The normalized spacial score (nSPS) is 21.1. The van der Waals surface area contributed by atoms with Crippen molar-refractivity contribution in [1.82, 2.24) is 15.0 Å². The van der Waals surface area contributed by atoms with Crippen LogP contribution >= 0.6 is 11.6 Å². The fourth-order valence-corrected chi connectivity index (χ4v) is 3.60. The van der Waals surface area contributed by atoms with Crippen molar-refractivity contribution in [1.29, 1.82) is 0 Å². The molecule has 0 saturated heterocycles. The monoisotopic (exact) mass is 341 g/mol. The van der Waals surface area contributed by atoms with Gasteiger partial charge in [-0.2, -0.15) is 0 Å². The number of aromatic amines is 1. The second kappa shape index (κ2) is 6.42. The van der Waals surface area contributed by atoms with Crippen LogP contribution in [0.25, 0.3) is 22.2 Å². The summed E-state index contributed by atoms with van der Waals surface area (Å²) in [6.45, 7) is 0. The molecule has 0 unspecified atom stereocenters. The molecule has 0 atom stereocenters. The van der Waals surface area contributed by atoms with Crippen LogP contribution in [0.5, 0.6) is 0 Å². The molecule has 124 valence electrons. The minimum Gasteiger partial charge on any atom is -0.367 e. The number of hydrogen-bond acceptors (Lipinski definition) is 4. The van der Waals surface area contributed by atoms with Crippen molar-refractivity contribution in [3.05, 3.63) is 41.8 Å². The predicted molar refractivity (Wildman–Crippen MR) is 98.2 cm³/mol. The Balaban J connectivity index is 1.64. The van der Waals surface area contributed by atoms with E-state index in [4.69, 9.17) is 17.3 Å². The SMILES string of the molecule is NC1CCC(Nc2cc(-c3c[nH]c4ncccc34)cc(Cl)n2)CC1. The number of nitrogens with two attached hydrogens (primary N) is 1. The second-order valence-corrected chi connectivity index (χ2v) is 6.81. The minimum atomic E-state index is 0.338. The van der Waals surface area contributed by atoms with Crippen LogP contribution in [0.15, 0.2) is 36.7 Å². The summed E-state index contributed by atoms with van der Waals surface area (Å²) in [6.07, 6.45) is 8.00. The molecular formula is C18H20ClN5. The lowest BCUT2D eigenvalue weighted by Gasteiger charge is -2.27. The standard InChI is InChI=1S/C18H20ClN5/c19-16-8-11(15-10-22-18-14(15)2-1-7-21-18)9-17(24-16)23-13-5-3-12(20)4-6-13/h1-2,7-10,12-13H,3-6,20H2,(H,21,22)(H,23,24). The Morgan fingerprint density at radius 2 is 2.04 bits per heavy atom. The molecule has 1 aliphatic carbocycles. The van der Waals surface area contributed by atoms with E-state index in [0.29, 0.717) is 17.2 Å². The molecule has 0 aromatic carbocycles. The number of nitrogens with one attached hydrogen (secondary N) is 2. The van der Waals surface area contributed by atoms with E-state index in [1.54, 1.807) is 6.20 Å². The number of anilines is 1. The summed E-state index contributed by atoms with van der Waals surface area (Å²) in [5.41, 5.74) is 8.96. The number of rotatable bonds is 3. The van der Waals surface area contributed by atoms with E-state index in [1.807, 2.05) is 18.3 Å². The van der Waals surface area contributed by atoms with Gasteiger partial charge in [0.25, 0.3) is 0 Å². The molecule has 3 aromatic heterocycles. The summed E-state index contributed by atoms with van der Waals surface area (Å²) < 4.78 is 0. The van der Waals surface area contributed by atoms with Crippen LogP contribution in [0.3, 0.4) is 0 Å². The molecule has 0 radical (unpaired) electrons. The number of fused-ring (bicyclic) bond motifs is 1. The van der Waals surface area contributed by atoms with Crippen LogP contribution < -0.4 is 11.1 Å². The molecule has 24 heavy (non-hydrogen) atoms. The van der Waals surface area contributed by atoms with Gasteiger partial charge in [-0.05, 0) is 55.5 Å². The van der Waals surface area contributed by atoms with Crippen LogP contribution in [-0.2, 0) is 0 Å².